The number of ether oxygens (including phenoxy) is 3. The molecule has 1 amide bonds. The minimum Gasteiger partial charge on any atom is -0.454 e. The number of rotatable bonds is 7. The van der Waals surface area contributed by atoms with Gasteiger partial charge in [-0.3, -0.25) is 4.79 Å². The van der Waals surface area contributed by atoms with Crippen LogP contribution in [0.2, 0.25) is 0 Å². The molecule has 2 heterocycles. The fourth-order valence-electron chi connectivity index (χ4n) is 3.06. The lowest BCUT2D eigenvalue weighted by Gasteiger charge is -2.24. The van der Waals surface area contributed by atoms with Crippen LogP contribution in [0, 0.1) is 0 Å². The second-order valence-electron chi connectivity index (χ2n) is 7.19. The summed E-state index contributed by atoms with van der Waals surface area (Å²) in [7, 11) is 3.46. The van der Waals surface area contributed by atoms with E-state index >= 15 is 0 Å². The number of nitrogens with one attached hydrogen (secondary N) is 2. The minimum absolute atomic E-state index is 0. The van der Waals surface area contributed by atoms with Crippen LogP contribution in [0.15, 0.2) is 23.2 Å². The summed E-state index contributed by atoms with van der Waals surface area (Å²) in [5.41, 5.74) is 1.15. The Balaban J connectivity index is 0.00000300. The summed E-state index contributed by atoms with van der Waals surface area (Å²) in [6, 6.07) is 5.96. The van der Waals surface area contributed by atoms with Gasteiger partial charge in [-0.2, -0.15) is 0 Å². The van der Waals surface area contributed by atoms with Gasteiger partial charge >= 0.3 is 0 Å². The number of likely N-dealkylation sites (N-methyl/N-ethyl adjacent to an activating group) is 1. The largest absolute Gasteiger partial charge is 0.454 e. The van der Waals surface area contributed by atoms with Gasteiger partial charge in [0.2, 0.25) is 12.7 Å². The molecule has 2 aliphatic rings. The molecule has 0 bridgehead atoms. The molecule has 0 aromatic heterocycles. The summed E-state index contributed by atoms with van der Waals surface area (Å²) in [5.74, 6) is 2.17. The van der Waals surface area contributed by atoms with E-state index in [1.807, 2.05) is 18.2 Å². The summed E-state index contributed by atoms with van der Waals surface area (Å²) in [4.78, 5) is 17.8. The van der Waals surface area contributed by atoms with Gasteiger partial charge in [-0.1, -0.05) is 6.07 Å². The van der Waals surface area contributed by atoms with Crippen molar-refractivity contribution in [3.63, 3.8) is 0 Å². The fraction of sp³-hybridized carbons (Fsp3) is 0.600. The van der Waals surface area contributed by atoms with Crippen LogP contribution in [0.4, 0.5) is 0 Å². The van der Waals surface area contributed by atoms with Crippen LogP contribution in [0.5, 0.6) is 11.5 Å². The van der Waals surface area contributed by atoms with Gasteiger partial charge in [-0.25, -0.2) is 4.99 Å². The minimum atomic E-state index is -0.0363. The maximum atomic E-state index is 11.9. The number of carbonyl (C=O) groups is 1. The van der Waals surface area contributed by atoms with Crippen LogP contribution in [-0.4, -0.2) is 70.0 Å². The second-order valence-corrected chi connectivity index (χ2v) is 7.19. The summed E-state index contributed by atoms with van der Waals surface area (Å²) >= 11 is 0. The number of halogens is 1. The molecule has 0 aliphatic carbocycles. The first-order valence-corrected chi connectivity index (χ1v) is 9.84. The number of nitrogens with zero attached hydrogens (tertiary/aromatic N) is 2. The van der Waals surface area contributed by atoms with E-state index in [0.29, 0.717) is 19.0 Å². The zero-order valence-electron chi connectivity index (χ0n) is 17.1. The molecule has 0 radical (unpaired) electrons. The molecule has 9 heteroatoms. The lowest BCUT2D eigenvalue weighted by atomic mass is 10.1. The molecule has 0 spiro atoms. The number of amides is 1. The van der Waals surface area contributed by atoms with Crippen molar-refractivity contribution in [1.82, 2.24) is 15.5 Å². The van der Waals surface area contributed by atoms with Crippen molar-refractivity contribution in [3.8, 4) is 11.5 Å². The lowest BCUT2D eigenvalue weighted by Crippen LogP contribution is -2.43. The molecule has 2 N–H and O–H groups in total. The van der Waals surface area contributed by atoms with Crippen molar-refractivity contribution >= 4 is 35.8 Å². The number of aliphatic imine (C=N–C) groups is 1. The number of carbonyl (C=O) groups excluding carboxylic acids is 1. The Morgan fingerprint density at radius 1 is 1.21 bits per heavy atom. The molecule has 0 saturated carbocycles. The molecule has 2 aliphatic heterocycles. The second kappa shape index (κ2) is 12.1. The van der Waals surface area contributed by atoms with E-state index in [1.54, 1.807) is 14.1 Å². The number of benzene rings is 1. The van der Waals surface area contributed by atoms with Crippen molar-refractivity contribution in [2.45, 2.75) is 31.8 Å². The molecule has 1 atom stereocenters. The van der Waals surface area contributed by atoms with E-state index in [9.17, 15) is 4.79 Å². The van der Waals surface area contributed by atoms with E-state index < -0.39 is 0 Å². The molecule has 8 nitrogen and oxygen atoms in total. The van der Waals surface area contributed by atoms with Gasteiger partial charge in [0.1, 0.15) is 6.54 Å². The third-order valence-corrected chi connectivity index (χ3v) is 4.79. The molecule has 3 rings (SSSR count). The van der Waals surface area contributed by atoms with Crippen molar-refractivity contribution < 1.29 is 19.0 Å². The molecule has 1 unspecified atom stereocenters. The Morgan fingerprint density at radius 2 is 2.03 bits per heavy atom. The van der Waals surface area contributed by atoms with Gasteiger partial charge in [-0.15, -0.1) is 24.0 Å². The Morgan fingerprint density at radius 3 is 2.79 bits per heavy atom. The summed E-state index contributed by atoms with van der Waals surface area (Å²) in [6.07, 6.45) is 4.37. The Labute approximate surface area is 189 Å². The monoisotopic (exact) mass is 518 g/mol. The fourth-order valence-corrected chi connectivity index (χ4v) is 3.06. The van der Waals surface area contributed by atoms with Crippen molar-refractivity contribution in [2.24, 2.45) is 4.99 Å². The standard InChI is InChI=1S/C20H30N4O4.HI/c1-24(2)19(25)13-23-20(22-12-16-5-3-4-10-26-16)21-9-8-15-6-7-17-18(11-15)28-14-27-17;/h6-7,11,16H,3-5,8-10,12-14H2,1-2H3,(H2,21,22,23);1H. The highest BCUT2D eigenvalue weighted by molar-refractivity contribution is 14.0. The van der Waals surface area contributed by atoms with Crippen molar-refractivity contribution in [3.05, 3.63) is 23.8 Å². The number of hydrogen-bond acceptors (Lipinski definition) is 5. The highest BCUT2D eigenvalue weighted by atomic mass is 127. The average Bonchev–Trinajstić information content (AvgIpc) is 3.18. The van der Waals surface area contributed by atoms with Crippen molar-refractivity contribution in [1.29, 1.82) is 0 Å². The molecule has 1 saturated heterocycles. The normalized spacial score (nSPS) is 18.0. The maximum absolute atomic E-state index is 11.9. The average molecular weight is 518 g/mol. The van der Waals surface area contributed by atoms with E-state index in [2.05, 4.69) is 15.6 Å². The van der Waals surface area contributed by atoms with Gasteiger partial charge in [0, 0.05) is 33.8 Å². The van der Waals surface area contributed by atoms with Gasteiger partial charge in [0.05, 0.1) is 6.10 Å². The van der Waals surface area contributed by atoms with E-state index in [1.165, 1.54) is 11.3 Å². The molecular formula is C20H31IN4O4. The molecule has 1 fully saturated rings. The molecular weight excluding hydrogens is 487 g/mol. The lowest BCUT2D eigenvalue weighted by molar-refractivity contribution is -0.127. The third kappa shape index (κ3) is 7.54. The quantitative estimate of drug-likeness (QED) is 0.325. The summed E-state index contributed by atoms with van der Waals surface area (Å²) in [5, 5.41) is 6.62. The van der Waals surface area contributed by atoms with Crippen LogP contribution < -0.4 is 20.1 Å². The predicted molar refractivity (Wildman–Crippen MR) is 122 cm³/mol. The molecule has 1 aromatic carbocycles. The highest BCUT2D eigenvalue weighted by Gasteiger charge is 2.15. The van der Waals surface area contributed by atoms with Gasteiger partial charge in [0.15, 0.2) is 17.5 Å². The Hall–Kier alpha value is -1.75. The topological polar surface area (TPSA) is 84.4 Å². The predicted octanol–water partition coefficient (Wildman–Crippen LogP) is 1.77. The van der Waals surface area contributed by atoms with Gasteiger partial charge < -0.3 is 29.7 Å². The SMILES string of the molecule is CN(C)C(=O)CN=C(NCCc1ccc2c(c1)OCO2)NCC1CCCCO1.I. The van der Waals surface area contributed by atoms with Crippen LogP contribution >= 0.6 is 24.0 Å². The van der Waals surface area contributed by atoms with Gasteiger partial charge in [-0.05, 0) is 43.4 Å². The Kier molecular flexibility index (Phi) is 9.79. The van der Waals surface area contributed by atoms with Crippen LogP contribution in [0.25, 0.3) is 0 Å². The Bertz CT molecular complexity index is 693. The molecule has 162 valence electrons. The van der Waals surface area contributed by atoms with Crippen molar-refractivity contribution in [2.75, 3.05) is 47.1 Å². The van der Waals surface area contributed by atoms with E-state index in [-0.39, 0.29) is 49.3 Å². The highest BCUT2D eigenvalue weighted by Crippen LogP contribution is 2.32. The van der Waals surface area contributed by atoms with Crippen LogP contribution in [0.1, 0.15) is 24.8 Å². The van der Waals surface area contributed by atoms with Gasteiger partial charge in [0.25, 0.3) is 0 Å². The number of fused-ring (bicyclic) bond motifs is 1. The summed E-state index contributed by atoms with van der Waals surface area (Å²) in [6.45, 7) is 2.58. The van der Waals surface area contributed by atoms with Crippen LogP contribution in [-0.2, 0) is 16.0 Å². The summed E-state index contributed by atoms with van der Waals surface area (Å²) < 4.78 is 16.5. The maximum Gasteiger partial charge on any atom is 0.243 e. The smallest absolute Gasteiger partial charge is 0.243 e. The zero-order chi connectivity index (χ0) is 19.8. The number of hydrogen-bond donors (Lipinski definition) is 2. The number of guanidine groups is 1. The molecule has 29 heavy (non-hydrogen) atoms. The third-order valence-electron chi connectivity index (χ3n) is 4.79. The van der Waals surface area contributed by atoms with E-state index in [4.69, 9.17) is 14.2 Å². The first-order chi connectivity index (χ1) is 13.6. The van der Waals surface area contributed by atoms with Crippen LogP contribution in [0.3, 0.4) is 0 Å². The molecule has 1 aromatic rings. The first kappa shape index (κ1) is 23.5. The zero-order valence-corrected chi connectivity index (χ0v) is 19.4. The first-order valence-electron chi connectivity index (χ1n) is 9.84. The van der Waals surface area contributed by atoms with E-state index in [0.717, 1.165) is 42.9 Å².